The summed E-state index contributed by atoms with van der Waals surface area (Å²) in [6.45, 7) is 4.46. The van der Waals surface area contributed by atoms with Crippen molar-refractivity contribution in [2.75, 3.05) is 18.4 Å². The Morgan fingerprint density at radius 2 is 2.27 bits per heavy atom. The minimum absolute atomic E-state index is 0.0762. The molecular weight excluding hydrogens is 270 g/mol. The highest BCUT2D eigenvalue weighted by Gasteiger charge is 2.64. The van der Waals surface area contributed by atoms with Crippen LogP contribution in [-0.2, 0) is 5.41 Å². The van der Waals surface area contributed by atoms with Crippen molar-refractivity contribution in [3.8, 4) is 6.07 Å². The summed E-state index contributed by atoms with van der Waals surface area (Å²) in [5, 5.41) is 13.5. The first-order chi connectivity index (χ1) is 10.8. The van der Waals surface area contributed by atoms with E-state index in [0.29, 0.717) is 12.0 Å². The Balaban J connectivity index is 1.83. The molecule has 3 heterocycles. The zero-order valence-corrected chi connectivity index (χ0v) is 12.8. The Morgan fingerprint density at radius 3 is 3.09 bits per heavy atom. The Hall–Kier alpha value is -2.05. The highest BCUT2D eigenvalue weighted by Crippen LogP contribution is 2.56. The number of rotatable bonds is 0. The van der Waals surface area contributed by atoms with E-state index in [-0.39, 0.29) is 5.41 Å². The molecule has 2 saturated heterocycles. The number of quaternary nitrogens is 1. The number of nitrogens with zero attached hydrogens (tertiary/aromatic N) is 1. The lowest BCUT2D eigenvalue weighted by atomic mass is 9.62. The van der Waals surface area contributed by atoms with Crippen molar-refractivity contribution in [1.29, 1.82) is 5.26 Å². The Bertz CT molecular complexity index is 782. The zero-order chi connectivity index (χ0) is 14.9. The molecular formula is C19H20N3+. The van der Waals surface area contributed by atoms with Gasteiger partial charge in [-0.05, 0) is 24.1 Å². The molecule has 1 spiro atoms. The van der Waals surface area contributed by atoms with Crippen molar-refractivity contribution in [1.82, 2.24) is 0 Å². The Morgan fingerprint density at radius 1 is 1.41 bits per heavy atom. The number of fused-ring (bicyclic) bond motifs is 2. The van der Waals surface area contributed by atoms with Crippen LogP contribution >= 0.6 is 0 Å². The number of allylic oxidation sites excluding steroid dienone is 2. The molecule has 0 saturated carbocycles. The fraction of sp³-hybridized carbons (Fsp3) is 0.421. The van der Waals surface area contributed by atoms with E-state index in [0.717, 1.165) is 18.5 Å². The van der Waals surface area contributed by atoms with Gasteiger partial charge in [0.1, 0.15) is 6.04 Å². The van der Waals surface area contributed by atoms with Gasteiger partial charge in [0.25, 0.3) is 0 Å². The van der Waals surface area contributed by atoms with Crippen LogP contribution in [0.25, 0.3) is 0 Å². The molecule has 2 bridgehead atoms. The molecule has 110 valence electrons. The number of hydrogen-bond acceptors (Lipinski definition) is 2. The largest absolute Gasteiger partial charge is 0.357 e. The maximum Gasteiger partial charge on any atom is 0.104 e. The Kier molecular flexibility index (Phi) is 2.28. The second-order valence-electron chi connectivity index (χ2n) is 7.08. The van der Waals surface area contributed by atoms with Crippen LogP contribution in [0.15, 0.2) is 47.2 Å². The minimum atomic E-state index is 0.0762. The summed E-state index contributed by atoms with van der Waals surface area (Å²) in [5.41, 5.74) is 6.42. The fourth-order valence-electron chi connectivity index (χ4n) is 5.61. The van der Waals surface area contributed by atoms with Gasteiger partial charge >= 0.3 is 0 Å². The quantitative estimate of drug-likeness (QED) is 0.715. The van der Waals surface area contributed by atoms with E-state index in [1.807, 2.05) is 0 Å². The maximum absolute atomic E-state index is 9.88. The molecule has 3 nitrogen and oxygen atoms in total. The molecule has 0 aromatic heterocycles. The third-order valence-corrected chi connectivity index (χ3v) is 6.50. The van der Waals surface area contributed by atoms with Crippen LogP contribution in [0.3, 0.4) is 0 Å². The molecule has 22 heavy (non-hydrogen) atoms. The van der Waals surface area contributed by atoms with Crippen molar-refractivity contribution in [3.63, 3.8) is 0 Å². The molecule has 1 aromatic rings. The van der Waals surface area contributed by atoms with Crippen LogP contribution in [-0.4, -0.2) is 19.1 Å². The van der Waals surface area contributed by atoms with E-state index in [1.165, 1.54) is 35.5 Å². The van der Waals surface area contributed by atoms with E-state index < -0.39 is 0 Å². The van der Waals surface area contributed by atoms with Crippen LogP contribution in [0.2, 0.25) is 0 Å². The van der Waals surface area contributed by atoms with Gasteiger partial charge in [-0.25, -0.2) is 0 Å². The van der Waals surface area contributed by atoms with Gasteiger partial charge in [-0.2, -0.15) is 5.26 Å². The van der Waals surface area contributed by atoms with E-state index in [9.17, 15) is 5.26 Å². The smallest absolute Gasteiger partial charge is 0.104 e. The summed E-state index contributed by atoms with van der Waals surface area (Å²) < 4.78 is 0. The summed E-state index contributed by atoms with van der Waals surface area (Å²) in [6.07, 6.45) is 4.55. The van der Waals surface area contributed by atoms with E-state index in [2.05, 4.69) is 48.7 Å². The molecule has 0 amide bonds. The topological polar surface area (TPSA) is 40.3 Å². The molecule has 5 rings (SSSR count). The lowest BCUT2D eigenvalue weighted by molar-refractivity contribution is -0.914. The standard InChI is InChI=1S/C19H19N3/c1-2-12-11-22-8-7-19-15-5-3-4-6-16(15)21-18(19)14(10-20)13(12)9-17(19)22/h2-6,13,17,21H,7-9,11H2,1H3/p+1/b12-2+/t13-,17-,19+/m0/s1. The average Bonchev–Trinajstić information content (AvgIpc) is 3.11. The van der Waals surface area contributed by atoms with Crippen molar-refractivity contribution in [2.45, 2.75) is 31.2 Å². The fourth-order valence-corrected chi connectivity index (χ4v) is 5.61. The number of hydrogen-bond donors (Lipinski definition) is 2. The maximum atomic E-state index is 9.88. The van der Waals surface area contributed by atoms with Gasteiger partial charge < -0.3 is 10.2 Å². The number of anilines is 1. The highest BCUT2D eigenvalue weighted by molar-refractivity contribution is 5.72. The summed E-state index contributed by atoms with van der Waals surface area (Å²) in [6, 6.07) is 11.9. The van der Waals surface area contributed by atoms with Gasteiger partial charge in [-0.15, -0.1) is 0 Å². The van der Waals surface area contributed by atoms with Crippen LogP contribution in [0.4, 0.5) is 5.69 Å². The van der Waals surface area contributed by atoms with Crippen LogP contribution in [0.1, 0.15) is 25.3 Å². The molecule has 0 radical (unpaired) electrons. The van der Waals surface area contributed by atoms with E-state index >= 15 is 0 Å². The first-order valence-corrected chi connectivity index (χ1v) is 8.30. The van der Waals surface area contributed by atoms with Gasteiger partial charge in [-0.3, -0.25) is 0 Å². The number of para-hydroxylation sites is 1. The lowest BCUT2D eigenvalue weighted by Crippen LogP contribution is -3.16. The predicted molar refractivity (Wildman–Crippen MR) is 85.3 cm³/mol. The van der Waals surface area contributed by atoms with Gasteiger partial charge in [0.05, 0.1) is 30.1 Å². The number of benzene rings is 1. The van der Waals surface area contributed by atoms with Gasteiger partial charge in [0.2, 0.25) is 0 Å². The molecule has 1 unspecified atom stereocenters. The molecule has 4 aliphatic rings. The third kappa shape index (κ3) is 1.22. The summed E-state index contributed by atoms with van der Waals surface area (Å²) in [5.74, 6) is 0.340. The van der Waals surface area contributed by atoms with Gasteiger partial charge in [0.15, 0.2) is 0 Å². The second-order valence-corrected chi connectivity index (χ2v) is 7.08. The van der Waals surface area contributed by atoms with Crippen LogP contribution < -0.4 is 10.2 Å². The van der Waals surface area contributed by atoms with E-state index in [4.69, 9.17) is 0 Å². The first kappa shape index (κ1) is 12.5. The van der Waals surface area contributed by atoms with Crippen molar-refractivity contribution in [3.05, 3.63) is 52.7 Å². The second kappa shape index (κ2) is 4.02. The zero-order valence-electron chi connectivity index (χ0n) is 12.8. The van der Waals surface area contributed by atoms with Crippen molar-refractivity contribution < 1.29 is 4.90 Å². The van der Waals surface area contributed by atoms with Crippen molar-refractivity contribution >= 4 is 5.69 Å². The summed E-state index contributed by atoms with van der Waals surface area (Å²) >= 11 is 0. The average molecular weight is 290 g/mol. The lowest BCUT2D eigenvalue weighted by Gasteiger charge is -2.45. The number of piperidine rings is 1. The number of nitrogens with one attached hydrogen (secondary N) is 2. The minimum Gasteiger partial charge on any atom is -0.357 e. The normalized spacial score (nSPS) is 39.3. The Labute approximate surface area is 130 Å². The van der Waals surface area contributed by atoms with Crippen molar-refractivity contribution in [2.24, 2.45) is 5.92 Å². The molecule has 4 atom stereocenters. The predicted octanol–water partition coefficient (Wildman–Crippen LogP) is 1.76. The van der Waals surface area contributed by atoms with Gasteiger partial charge in [0, 0.05) is 30.1 Å². The molecule has 1 aliphatic carbocycles. The number of nitriles is 1. The summed E-state index contributed by atoms with van der Waals surface area (Å²) in [4.78, 5) is 1.72. The summed E-state index contributed by atoms with van der Waals surface area (Å²) in [7, 11) is 0. The molecule has 2 N–H and O–H groups in total. The molecule has 3 heteroatoms. The van der Waals surface area contributed by atoms with Crippen LogP contribution in [0.5, 0.6) is 0 Å². The SMILES string of the molecule is C/C=C1\C[NH+]2CC[C@]34C(=C(C#N)[C@H]1C[C@H]23)Nc1ccccc14. The van der Waals surface area contributed by atoms with Gasteiger partial charge in [-0.1, -0.05) is 24.3 Å². The highest BCUT2D eigenvalue weighted by atomic mass is 15.2. The van der Waals surface area contributed by atoms with Crippen LogP contribution in [0, 0.1) is 17.2 Å². The third-order valence-electron chi connectivity index (χ3n) is 6.50. The first-order valence-electron chi connectivity index (χ1n) is 8.30. The molecule has 2 fully saturated rings. The molecule has 3 aliphatic heterocycles. The van der Waals surface area contributed by atoms with E-state index in [1.54, 1.807) is 4.90 Å². The monoisotopic (exact) mass is 290 g/mol. The molecule has 1 aromatic carbocycles.